The predicted molar refractivity (Wildman–Crippen MR) is 100 cm³/mol. The van der Waals surface area contributed by atoms with Gasteiger partial charge >= 0.3 is 0 Å². The van der Waals surface area contributed by atoms with Crippen LogP contribution < -0.4 is 5.56 Å². The average Bonchev–Trinajstić information content (AvgIpc) is 3.02. The molecule has 0 amide bonds. The fraction of sp³-hybridized carbons (Fsp3) is 0.476. The lowest BCUT2D eigenvalue weighted by Gasteiger charge is -2.49. The van der Waals surface area contributed by atoms with Crippen LogP contribution in [-0.2, 0) is 18.5 Å². The minimum atomic E-state index is 0.0528. The molecule has 0 spiro atoms. The van der Waals surface area contributed by atoms with E-state index in [0.717, 1.165) is 62.6 Å². The van der Waals surface area contributed by atoms with Gasteiger partial charge in [-0.05, 0) is 43.7 Å². The third-order valence-electron chi connectivity index (χ3n) is 7.01. The number of aryl methyl sites for hydroxylation is 2. The number of benzene rings is 1. The van der Waals surface area contributed by atoms with E-state index >= 15 is 0 Å². The van der Waals surface area contributed by atoms with Crippen LogP contribution in [0.15, 0.2) is 35.3 Å². The Kier molecular flexibility index (Phi) is 2.69. The minimum absolute atomic E-state index is 0.0528. The van der Waals surface area contributed by atoms with Crippen molar-refractivity contribution in [1.82, 2.24) is 14.0 Å². The molecule has 2 bridgehead atoms. The van der Waals surface area contributed by atoms with Gasteiger partial charge in [-0.25, -0.2) is 0 Å². The lowest BCUT2D eigenvalue weighted by atomic mass is 9.79. The summed E-state index contributed by atoms with van der Waals surface area (Å²) in [6.45, 7) is 4.45. The molecule has 0 saturated carbocycles. The molecule has 3 saturated heterocycles. The van der Waals surface area contributed by atoms with Gasteiger partial charge in [0.1, 0.15) is 0 Å². The van der Waals surface area contributed by atoms with Crippen molar-refractivity contribution in [3.63, 3.8) is 0 Å². The van der Waals surface area contributed by atoms with E-state index in [1.165, 1.54) is 23.0 Å². The van der Waals surface area contributed by atoms with Crippen molar-refractivity contribution >= 4 is 21.8 Å². The van der Waals surface area contributed by atoms with Gasteiger partial charge in [0.05, 0.1) is 16.4 Å². The molecule has 4 aliphatic heterocycles. The molecule has 128 valence electrons. The monoisotopic (exact) mass is 333 g/mol. The van der Waals surface area contributed by atoms with E-state index in [0.29, 0.717) is 0 Å². The number of rotatable bonds is 1. The Bertz CT molecular complexity index is 1050. The molecule has 0 radical (unpaired) electrons. The highest BCUT2D eigenvalue weighted by Crippen LogP contribution is 2.40. The van der Waals surface area contributed by atoms with E-state index in [-0.39, 0.29) is 11.1 Å². The molecule has 4 nitrogen and oxygen atoms in total. The fourth-order valence-electron chi connectivity index (χ4n) is 5.62. The molecule has 0 N–H and O–H groups in total. The Hall–Kier alpha value is -2.07. The number of fused-ring (bicyclic) bond motifs is 6. The van der Waals surface area contributed by atoms with E-state index in [1.807, 2.05) is 0 Å². The first-order valence-electron chi connectivity index (χ1n) is 9.65. The van der Waals surface area contributed by atoms with Crippen LogP contribution in [0.1, 0.15) is 31.2 Å². The van der Waals surface area contributed by atoms with Crippen LogP contribution in [0.4, 0.5) is 0 Å². The van der Waals surface area contributed by atoms with E-state index in [1.54, 1.807) is 0 Å². The molecule has 6 heterocycles. The molecule has 3 fully saturated rings. The standard InChI is InChI=1S/C21H23N3O/c25-20-18-16-5-1-2-6-17(16)23-10-3-4-15(19(18)23)14-24(20)21-7-11-22(12-8-21)13-9-21/h1-2,5-6,14H,3-4,7-13H2. The summed E-state index contributed by atoms with van der Waals surface area (Å²) in [7, 11) is 0. The van der Waals surface area contributed by atoms with Gasteiger partial charge in [-0.1, -0.05) is 18.2 Å². The highest BCUT2D eigenvalue weighted by atomic mass is 16.1. The van der Waals surface area contributed by atoms with Gasteiger partial charge < -0.3 is 14.0 Å². The van der Waals surface area contributed by atoms with Crippen LogP contribution in [0.25, 0.3) is 21.8 Å². The number of aromatic nitrogens is 2. The van der Waals surface area contributed by atoms with Crippen molar-refractivity contribution in [2.45, 2.75) is 44.2 Å². The van der Waals surface area contributed by atoms with Crippen LogP contribution >= 0.6 is 0 Å². The molecule has 4 aliphatic rings. The molecule has 3 aromatic rings. The smallest absolute Gasteiger partial charge is 0.261 e. The summed E-state index contributed by atoms with van der Waals surface area (Å²) in [5, 5.41) is 2.11. The third kappa shape index (κ3) is 1.73. The molecule has 7 rings (SSSR count). The molecule has 4 heteroatoms. The molecule has 0 atom stereocenters. The normalized spacial score (nSPS) is 28.1. The maximum absolute atomic E-state index is 13.7. The average molecular weight is 333 g/mol. The van der Waals surface area contributed by atoms with Crippen LogP contribution in [0.2, 0.25) is 0 Å². The number of para-hydroxylation sites is 1. The Morgan fingerprint density at radius 2 is 1.72 bits per heavy atom. The topological polar surface area (TPSA) is 30.2 Å². The van der Waals surface area contributed by atoms with Crippen molar-refractivity contribution < 1.29 is 0 Å². The first-order chi connectivity index (χ1) is 12.3. The highest BCUT2D eigenvalue weighted by molar-refractivity contribution is 6.08. The molecular weight excluding hydrogens is 310 g/mol. The summed E-state index contributed by atoms with van der Waals surface area (Å²) in [6, 6.07) is 8.46. The Morgan fingerprint density at radius 3 is 2.52 bits per heavy atom. The summed E-state index contributed by atoms with van der Waals surface area (Å²) in [5.41, 5.74) is 4.10. The van der Waals surface area contributed by atoms with Crippen LogP contribution in [0.5, 0.6) is 0 Å². The van der Waals surface area contributed by atoms with Gasteiger partial charge in [-0.15, -0.1) is 0 Å². The van der Waals surface area contributed by atoms with Crippen LogP contribution in [0.3, 0.4) is 0 Å². The summed E-state index contributed by atoms with van der Waals surface area (Å²) < 4.78 is 4.56. The van der Waals surface area contributed by atoms with E-state index in [4.69, 9.17) is 0 Å². The second kappa shape index (κ2) is 4.76. The Morgan fingerprint density at radius 1 is 0.960 bits per heavy atom. The predicted octanol–water partition coefficient (Wildman–Crippen LogP) is 3.10. The van der Waals surface area contributed by atoms with Crippen LogP contribution in [0, 0.1) is 0 Å². The largest absolute Gasteiger partial charge is 0.340 e. The number of piperidine rings is 3. The summed E-state index contributed by atoms with van der Waals surface area (Å²) in [4.78, 5) is 16.2. The van der Waals surface area contributed by atoms with Gasteiger partial charge in [0.25, 0.3) is 5.56 Å². The van der Waals surface area contributed by atoms with Crippen LogP contribution in [-0.4, -0.2) is 33.7 Å². The van der Waals surface area contributed by atoms with Crippen molar-refractivity contribution in [1.29, 1.82) is 0 Å². The van der Waals surface area contributed by atoms with Crippen molar-refractivity contribution in [3.8, 4) is 0 Å². The van der Waals surface area contributed by atoms with E-state index < -0.39 is 0 Å². The van der Waals surface area contributed by atoms with Crippen molar-refractivity contribution in [2.24, 2.45) is 0 Å². The number of hydrogen-bond acceptors (Lipinski definition) is 2. The maximum Gasteiger partial charge on any atom is 0.261 e. The summed E-state index contributed by atoms with van der Waals surface area (Å²) in [6.07, 6.45) is 7.86. The lowest BCUT2D eigenvalue weighted by molar-refractivity contribution is 0.0328. The highest BCUT2D eigenvalue weighted by Gasteiger charge is 2.42. The number of hydrogen-bond donors (Lipinski definition) is 0. The first kappa shape index (κ1) is 14.1. The third-order valence-corrected chi connectivity index (χ3v) is 7.01. The Balaban J connectivity index is 1.73. The molecule has 1 aromatic carbocycles. The van der Waals surface area contributed by atoms with Crippen molar-refractivity contribution in [2.75, 3.05) is 19.6 Å². The number of nitrogens with zero attached hydrogens (tertiary/aromatic N) is 3. The molecule has 0 unspecified atom stereocenters. The second-order valence-corrected chi connectivity index (χ2v) is 8.14. The lowest BCUT2D eigenvalue weighted by Crippen LogP contribution is -2.56. The zero-order valence-corrected chi connectivity index (χ0v) is 14.5. The SMILES string of the molecule is O=c1c2c3ccccc3n3c2c(cn1C12CCN(CC1)CC2)CCC3. The zero-order chi connectivity index (χ0) is 16.6. The van der Waals surface area contributed by atoms with Gasteiger partial charge in [0, 0.05) is 43.3 Å². The second-order valence-electron chi connectivity index (χ2n) is 8.14. The molecule has 0 aliphatic carbocycles. The number of pyridine rings is 1. The Labute approximate surface area is 146 Å². The first-order valence-corrected chi connectivity index (χ1v) is 9.65. The van der Waals surface area contributed by atoms with E-state index in [9.17, 15) is 4.79 Å². The van der Waals surface area contributed by atoms with Gasteiger partial charge in [-0.2, -0.15) is 0 Å². The summed E-state index contributed by atoms with van der Waals surface area (Å²) in [5.74, 6) is 0. The molecular formula is C21H23N3O. The van der Waals surface area contributed by atoms with Gasteiger partial charge in [0.15, 0.2) is 0 Å². The zero-order valence-electron chi connectivity index (χ0n) is 14.5. The fourth-order valence-corrected chi connectivity index (χ4v) is 5.62. The minimum Gasteiger partial charge on any atom is -0.340 e. The molecule has 25 heavy (non-hydrogen) atoms. The maximum atomic E-state index is 13.7. The van der Waals surface area contributed by atoms with Gasteiger partial charge in [-0.3, -0.25) is 4.79 Å². The molecule has 2 aromatic heterocycles. The quantitative estimate of drug-likeness (QED) is 0.685. The summed E-state index contributed by atoms with van der Waals surface area (Å²) >= 11 is 0. The van der Waals surface area contributed by atoms with Gasteiger partial charge in [0.2, 0.25) is 0 Å². The van der Waals surface area contributed by atoms with E-state index in [2.05, 4.69) is 44.5 Å². The van der Waals surface area contributed by atoms with Crippen molar-refractivity contribution in [3.05, 3.63) is 46.4 Å².